The molecule has 0 fully saturated rings. The summed E-state index contributed by atoms with van der Waals surface area (Å²) in [6.07, 6.45) is 1.57. The molecule has 5 rings (SSSR count). The van der Waals surface area contributed by atoms with E-state index in [0.29, 0.717) is 38.5 Å². The van der Waals surface area contributed by atoms with Crippen LogP contribution in [0.25, 0.3) is 21.7 Å². The van der Waals surface area contributed by atoms with Crippen LogP contribution in [0.2, 0.25) is 0 Å². The number of aromatic amines is 1. The van der Waals surface area contributed by atoms with Gasteiger partial charge in [-0.25, -0.2) is 13.6 Å². The number of fused-ring (bicyclic) bond motifs is 2. The number of amides is 1. The minimum absolute atomic E-state index is 0.0243. The number of hydrogen-bond acceptors (Lipinski definition) is 5. The summed E-state index contributed by atoms with van der Waals surface area (Å²) in [6, 6.07) is 8.47. The summed E-state index contributed by atoms with van der Waals surface area (Å²) >= 11 is 1.10. The van der Waals surface area contributed by atoms with Crippen molar-refractivity contribution < 1.29 is 23.1 Å². The van der Waals surface area contributed by atoms with E-state index >= 15 is 0 Å². The van der Waals surface area contributed by atoms with Crippen LogP contribution < -0.4 is 10.9 Å². The van der Waals surface area contributed by atoms with Crippen LogP contribution in [0.5, 0.6) is 0 Å². The molecule has 2 N–H and O–H groups in total. The van der Waals surface area contributed by atoms with Crippen molar-refractivity contribution in [1.29, 1.82) is 0 Å². The lowest BCUT2D eigenvalue weighted by molar-refractivity contribution is -0.110. The quantitative estimate of drug-likeness (QED) is 0.312. The van der Waals surface area contributed by atoms with Gasteiger partial charge in [0.05, 0.1) is 27.8 Å². The van der Waals surface area contributed by atoms with E-state index in [9.17, 15) is 23.2 Å². The van der Waals surface area contributed by atoms with E-state index in [4.69, 9.17) is 4.74 Å². The predicted molar refractivity (Wildman–Crippen MR) is 129 cm³/mol. The number of benzene rings is 2. The lowest BCUT2D eigenvalue weighted by Crippen LogP contribution is -2.18. The number of carbonyl (C=O) groups is 2. The van der Waals surface area contributed by atoms with Crippen molar-refractivity contribution in [2.75, 3.05) is 11.9 Å². The van der Waals surface area contributed by atoms with Gasteiger partial charge in [-0.2, -0.15) is 0 Å². The Balaban J connectivity index is 1.35. The minimum Gasteiger partial charge on any atom is -0.460 e. The molecule has 0 saturated carbocycles. The Morgan fingerprint density at radius 1 is 1.17 bits per heavy atom. The predicted octanol–water partition coefficient (Wildman–Crippen LogP) is 4.64. The first-order chi connectivity index (χ1) is 16.7. The van der Waals surface area contributed by atoms with Crippen LogP contribution in [-0.2, 0) is 16.1 Å². The normalized spacial score (nSPS) is 13.9. The number of carbonyl (C=O) groups excluding carboxylic acids is 2. The molecule has 178 valence electrons. The second kappa shape index (κ2) is 8.62. The molecule has 0 atom stereocenters. The molecule has 2 aromatic heterocycles. The van der Waals surface area contributed by atoms with Crippen LogP contribution in [-0.4, -0.2) is 27.4 Å². The van der Waals surface area contributed by atoms with Gasteiger partial charge in [-0.3, -0.25) is 13.5 Å². The summed E-state index contributed by atoms with van der Waals surface area (Å²) in [4.78, 5) is 40.7. The third kappa shape index (κ3) is 3.95. The lowest BCUT2D eigenvalue weighted by atomic mass is 10.0. The first-order valence-electron chi connectivity index (χ1n) is 10.7. The Kier molecular flexibility index (Phi) is 5.60. The Morgan fingerprint density at radius 2 is 1.97 bits per heavy atom. The second-order valence-electron chi connectivity index (χ2n) is 8.11. The van der Waals surface area contributed by atoms with Crippen LogP contribution >= 0.6 is 11.5 Å². The molecule has 3 heterocycles. The average molecular weight is 496 g/mol. The molecule has 1 amide bonds. The first kappa shape index (κ1) is 22.7. The number of nitrogens with zero attached hydrogens (tertiary/aromatic N) is 1. The van der Waals surface area contributed by atoms with Gasteiger partial charge in [0.15, 0.2) is 0 Å². The molecule has 0 unspecified atom stereocenters. The first-order valence-corrected chi connectivity index (χ1v) is 11.5. The summed E-state index contributed by atoms with van der Waals surface area (Å²) in [7, 11) is 0. The van der Waals surface area contributed by atoms with Gasteiger partial charge >= 0.3 is 5.97 Å². The molecule has 7 nitrogen and oxygen atoms in total. The van der Waals surface area contributed by atoms with E-state index in [1.165, 1.54) is 34.3 Å². The molecular formula is C25H19F2N3O4S. The maximum atomic E-state index is 14.0. The highest BCUT2D eigenvalue weighted by atomic mass is 32.1. The highest BCUT2D eigenvalue weighted by molar-refractivity contribution is 7.13. The molecule has 0 radical (unpaired) electrons. The van der Waals surface area contributed by atoms with E-state index in [1.54, 1.807) is 26.0 Å². The molecule has 0 aliphatic carbocycles. The van der Waals surface area contributed by atoms with Crippen LogP contribution in [0, 0.1) is 25.5 Å². The van der Waals surface area contributed by atoms with Gasteiger partial charge in [0.25, 0.3) is 11.5 Å². The Morgan fingerprint density at radius 3 is 2.74 bits per heavy atom. The van der Waals surface area contributed by atoms with E-state index < -0.39 is 23.2 Å². The standard InChI is InChI=1S/C25H19F2N3O4S/c1-12-19(11-16-15-10-14(26)6-7-18(15)29-23(16)31)28-13(2)21(12)25(33)34-9-8-30-24(32)22-17(27)4-3-5-20(22)35-30/h3-7,10-11,28H,8-9H2,1-2H3,(H,29,31)/b16-11-. The number of halogens is 2. The second-order valence-corrected chi connectivity index (χ2v) is 9.18. The smallest absolute Gasteiger partial charge is 0.340 e. The number of aryl methyl sites for hydroxylation is 1. The van der Waals surface area contributed by atoms with Crippen molar-refractivity contribution in [1.82, 2.24) is 8.94 Å². The molecule has 0 saturated heterocycles. The third-order valence-corrected chi connectivity index (χ3v) is 6.99. The molecule has 10 heteroatoms. The van der Waals surface area contributed by atoms with Crippen LogP contribution in [0.3, 0.4) is 0 Å². The van der Waals surface area contributed by atoms with Gasteiger partial charge in [0, 0.05) is 22.6 Å². The van der Waals surface area contributed by atoms with E-state index in [0.717, 1.165) is 11.5 Å². The maximum absolute atomic E-state index is 14.0. The number of hydrogen-bond donors (Lipinski definition) is 2. The maximum Gasteiger partial charge on any atom is 0.340 e. The SMILES string of the molecule is Cc1[nH]c(/C=C2\C(=O)Nc3ccc(F)cc32)c(C)c1C(=O)OCCn1sc2cccc(F)c2c1=O. The van der Waals surface area contributed by atoms with Crippen LogP contribution in [0.15, 0.2) is 41.2 Å². The van der Waals surface area contributed by atoms with Gasteiger partial charge < -0.3 is 15.0 Å². The third-order valence-electron chi connectivity index (χ3n) is 5.89. The Bertz CT molecular complexity index is 1610. The summed E-state index contributed by atoms with van der Waals surface area (Å²) < 4.78 is 34.9. The van der Waals surface area contributed by atoms with Gasteiger partial charge in [0.2, 0.25) is 0 Å². The molecule has 2 aromatic carbocycles. The molecular weight excluding hydrogens is 476 g/mol. The van der Waals surface area contributed by atoms with E-state index in [2.05, 4.69) is 10.3 Å². The van der Waals surface area contributed by atoms with Gasteiger partial charge in [-0.15, -0.1) is 0 Å². The van der Waals surface area contributed by atoms with Crippen molar-refractivity contribution in [3.8, 4) is 0 Å². The Labute approximate surface area is 201 Å². The van der Waals surface area contributed by atoms with Crippen molar-refractivity contribution >= 4 is 50.8 Å². The van der Waals surface area contributed by atoms with Crippen LogP contribution in [0.4, 0.5) is 14.5 Å². The summed E-state index contributed by atoms with van der Waals surface area (Å²) in [5.41, 5.74) is 2.71. The fourth-order valence-corrected chi connectivity index (χ4v) is 5.18. The molecule has 0 bridgehead atoms. The molecule has 35 heavy (non-hydrogen) atoms. The molecule has 4 aromatic rings. The summed E-state index contributed by atoms with van der Waals surface area (Å²) in [6.45, 7) is 3.42. The van der Waals surface area contributed by atoms with Gasteiger partial charge in [-0.1, -0.05) is 17.6 Å². The van der Waals surface area contributed by atoms with E-state index in [1.807, 2.05) is 0 Å². The number of aromatic nitrogens is 2. The highest BCUT2D eigenvalue weighted by Gasteiger charge is 2.26. The van der Waals surface area contributed by atoms with Crippen molar-refractivity contribution in [2.45, 2.75) is 20.4 Å². The molecule has 0 spiro atoms. The van der Waals surface area contributed by atoms with Crippen molar-refractivity contribution in [3.05, 3.63) is 86.5 Å². The van der Waals surface area contributed by atoms with Gasteiger partial charge in [0.1, 0.15) is 18.2 Å². The number of H-pyrrole nitrogens is 1. The Hall–Kier alpha value is -4.05. The zero-order chi connectivity index (χ0) is 24.9. The number of anilines is 1. The number of rotatable bonds is 5. The molecule has 1 aliphatic rings. The minimum atomic E-state index is -0.594. The average Bonchev–Trinajstić information content (AvgIpc) is 3.40. The largest absolute Gasteiger partial charge is 0.460 e. The zero-order valence-corrected chi connectivity index (χ0v) is 19.5. The van der Waals surface area contributed by atoms with E-state index in [-0.39, 0.29) is 30.0 Å². The van der Waals surface area contributed by atoms with Crippen molar-refractivity contribution in [3.63, 3.8) is 0 Å². The topological polar surface area (TPSA) is 93.2 Å². The summed E-state index contributed by atoms with van der Waals surface area (Å²) in [5.74, 6) is -2.01. The van der Waals surface area contributed by atoms with Gasteiger partial charge in [-0.05, 0) is 55.8 Å². The fourth-order valence-electron chi connectivity index (χ4n) is 4.19. The zero-order valence-electron chi connectivity index (χ0n) is 18.7. The number of ether oxygens (including phenoxy) is 1. The monoisotopic (exact) mass is 495 g/mol. The van der Waals surface area contributed by atoms with Crippen LogP contribution in [0.1, 0.15) is 32.9 Å². The fraction of sp³-hybridized carbons (Fsp3) is 0.160. The molecule has 1 aliphatic heterocycles. The lowest BCUT2D eigenvalue weighted by Gasteiger charge is -2.05. The highest BCUT2D eigenvalue weighted by Crippen LogP contribution is 2.34. The number of esters is 1. The number of nitrogens with one attached hydrogen (secondary N) is 2. The van der Waals surface area contributed by atoms with Crippen molar-refractivity contribution in [2.24, 2.45) is 0 Å². The summed E-state index contributed by atoms with van der Waals surface area (Å²) in [5, 5.41) is 2.71.